The minimum Gasteiger partial charge on any atom is -0.483 e. The van der Waals surface area contributed by atoms with Crippen molar-refractivity contribution in [3.8, 4) is 0 Å². The number of hydrogen-bond donors (Lipinski definition) is 1. The summed E-state index contributed by atoms with van der Waals surface area (Å²) in [6.07, 6.45) is 5.28. The molecule has 0 radical (unpaired) electrons. The summed E-state index contributed by atoms with van der Waals surface area (Å²) in [5, 5.41) is 0. The maximum atomic E-state index is 5.34. The van der Waals surface area contributed by atoms with E-state index in [9.17, 15) is 0 Å². The van der Waals surface area contributed by atoms with Gasteiger partial charge in [-0.2, -0.15) is 0 Å². The molecule has 0 aliphatic rings. The third-order valence-electron chi connectivity index (χ3n) is 1.07. The fourth-order valence-corrected chi connectivity index (χ4v) is 0.350. The topological polar surface area (TPSA) is 35.2 Å². The first-order chi connectivity index (χ1) is 4.70. The molecule has 10 heavy (non-hydrogen) atoms. The summed E-state index contributed by atoms with van der Waals surface area (Å²) in [5.41, 5.74) is 6.39. The minimum absolute atomic E-state index is 0.404. The van der Waals surface area contributed by atoms with Crippen LogP contribution in [0.5, 0.6) is 0 Å². The fourth-order valence-electron chi connectivity index (χ4n) is 0.350. The van der Waals surface area contributed by atoms with Gasteiger partial charge in [-0.05, 0) is 13.0 Å². The lowest BCUT2D eigenvalue weighted by molar-refractivity contribution is 0.287. The molecule has 0 spiro atoms. The summed E-state index contributed by atoms with van der Waals surface area (Å²) < 4.78 is 4.71. The summed E-state index contributed by atoms with van der Waals surface area (Å²) in [5.74, 6) is 0.404. The Hall–Kier alpha value is -1.18. The molecule has 0 fully saturated rings. The molecule has 0 aromatic heterocycles. The Kier molecular flexibility index (Phi) is 4.12. The third-order valence-corrected chi connectivity index (χ3v) is 1.07. The predicted molar refractivity (Wildman–Crippen MR) is 43.2 cm³/mol. The average Bonchev–Trinajstić information content (AvgIpc) is 1.99. The lowest BCUT2D eigenvalue weighted by Gasteiger charge is -1.94. The summed E-state index contributed by atoms with van der Waals surface area (Å²) in [6, 6.07) is 0. The van der Waals surface area contributed by atoms with Crippen molar-refractivity contribution in [2.24, 2.45) is 5.73 Å². The maximum Gasteiger partial charge on any atom is 0.183 e. The van der Waals surface area contributed by atoms with Gasteiger partial charge in [0.25, 0.3) is 0 Å². The van der Waals surface area contributed by atoms with Gasteiger partial charge in [0, 0.05) is 0 Å². The van der Waals surface area contributed by atoms with Crippen LogP contribution in [0.4, 0.5) is 0 Å². The zero-order chi connectivity index (χ0) is 7.98. The number of nitrogens with two attached hydrogens (primary N) is 1. The quantitative estimate of drug-likeness (QED) is 0.475. The summed E-state index contributed by atoms with van der Waals surface area (Å²) in [4.78, 5) is 0. The lowest BCUT2D eigenvalue weighted by Crippen LogP contribution is -1.97. The Morgan fingerprint density at radius 1 is 1.50 bits per heavy atom. The zero-order valence-electron chi connectivity index (χ0n) is 6.42. The molecule has 0 atom stereocenters. The molecular weight excluding hydrogens is 126 g/mol. The monoisotopic (exact) mass is 139 g/mol. The smallest absolute Gasteiger partial charge is 0.183 e. The Bertz CT molecular complexity index is 168. The highest BCUT2D eigenvalue weighted by atomic mass is 16.5. The second kappa shape index (κ2) is 4.68. The van der Waals surface area contributed by atoms with Gasteiger partial charge in [0.2, 0.25) is 0 Å². The first kappa shape index (κ1) is 8.82. The first-order valence-electron chi connectivity index (χ1n) is 3.01. The molecule has 56 valence electrons. The van der Waals surface area contributed by atoms with Crippen LogP contribution in [0.3, 0.4) is 0 Å². The molecule has 0 unspecified atom stereocenters. The molecular formula is C8H13NO. The van der Waals surface area contributed by atoms with E-state index in [2.05, 4.69) is 6.58 Å². The standard InChI is InChI=1S/C8H13NO/c1-4-7(2)5-6-8(9)10-3/h4-6H,1,9H2,2-3H3/b7-5-,8-6+. The van der Waals surface area contributed by atoms with Crippen molar-refractivity contribution < 1.29 is 4.74 Å². The van der Waals surface area contributed by atoms with Crippen LogP contribution in [0.1, 0.15) is 6.92 Å². The first-order valence-corrected chi connectivity index (χ1v) is 3.01. The Balaban J connectivity index is 4.03. The molecule has 0 heterocycles. The van der Waals surface area contributed by atoms with E-state index in [0.29, 0.717) is 5.88 Å². The van der Waals surface area contributed by atoms with E-state index in [0.717, 1.165) is 5.57 Å². The molecule has 0 aliphatic heterocycles. The van der Waals surface area contributed by atoms with Gasteiger partial charge < -0.3 is 10.5 Å². The summed E-state index contributed by atoms with van der Waals surface area (Å²) in [6.45, 7) is 5.52. The van der Waals surface area contributed by atoms with Gasteiger partial charge in [0.05, 0.1) is 7.11 Å². The van der Waals surface area contributed by atoms with Gasteiger partial charge in [0.1, 0.15) is 0 Å². The normalized spacial score (nSPS) is 13.0. The molecule has 2 nitrogen and oxygen atoms in total. The van der Waals surface area contributed by atoms with Crippen molar-refractivity contribution >= 4 is 0 Å². The highest BCUT2D eigenvalue weighted by Crippen LogP contribution is 1.94. The van der Waals surface area contributed by atoms with Gasteiger partial charge in [-0.25, -0.2) is 0 Å². The fraction of sp³-hybridized carbons (Fsp3) is 0.250. The van der Waals surface area contributed by atoms with Crippen LogP contribution in [-0.2, 0) is 4.74 Å². The summed E-state index contributed by atoms with van der Waals surface area (Å²) in [7, 11) is 1.53. The summed E-state index contributed by atoms with van der Waals surface area (Å²) >= 11 is 0. The van der Waals surface area contributed by atoms with Crippen molar-refractivity contribution in [2.45, 2.75) is 6.92 Å². The number of methoxy groups -OCH3 is 1. The average molecular weight is 139 g/mol. The van der Waals surface area contributed by atoms with Gasteiger partial charge in [-0.3, -0.25) is 0 Å². The van der Waals surface area contributed by atoms with E-state index in [1.165, 1.54) is 7.11 Å². The highest BCUT2D eigenvalue weighted by molar-refractivity contribution is 5.20. The molecule has 0 amide bonds. The van der Waals surface area contributed by atoms with Crippen molar-refractivity contribution in [3.05, 3.63) is 36.3 Å². The lowest BCUT2D eigenvalue weighted by atomic mass is 10.3. The Labute approximate surface area is 61.7 Å². The molecule has 0 saturated heterocycles. The van der Waals surface area contributed by atoms with Crippen LogP contribution in [0.2, 0.25) is 0 Å². The van der Waals surface area contributed by atoms with Crippen molar-refractivity contribution in [2.75, 3.05) is 7.11 Å². The molecule has 0 aromatic rings. The van der Waals surface area contributed by atoms with E-state index in [1.807, 2.05) is 13.0 Å². The minimum atomic E-state index is 0.404. The van der Waals surface area contributed by atoms with Crippen molar-refractivity contribution in [3.63, 3.8) is 0 Å². The molecule has 0 aromatic carbocycles. The second-order valence-electron chi connectivity index (χ2n) is 1.89. The van der Waals surface area contributed by atoms with Crippen molar-refractivity contribution in [1.82, 2.24) is 0 Å². The van der Waals surface area contributed by atoms with Gasteiger partial charge in [-0.1, -0.05) is 24.3 Å². The van der Waals surface area contributed by atoms with E-state index in [-0.39, 0.29) is 0 Å². The number of ether oxygens (including phenoxy) is 1. The van der Waals surface area contributed by atoms with Crippen LogP contribution in [-0.4, -0.2) is 7.11 Å². The number of hydrogen-bond acceptors (Lipinski definition) is 2. The highest BCUT2D eigenvalue weighted by Gasteiger charge is 1.80. The molecule has 2 N–H and O–H groups in total. The molecule has 0 bridgehead atoms. The van der Waals surface area contributed by atoms with Crippen molar-refractivity contribution in [1.29, 1.82) is 0 Å². The SMILES string of the molecule is C=C/C(C)=C\C=C(/N)OC. The Morgan fingerprint density at radius 3 is 2.50 bits per heavy atom. The molecule has 2 heteroatoms. The molecule has 0 rings (SSSR count). The predicted octanol–water partition coefficient (Wildman–Crippen LogP) is 1.57. The third kappa shape index (κ3) is 3.78. The molecule has 0 aliphatic carbocycles. The Morgan fingerprint density at radius 2 is 2.10 bits per heavy atom. The van der Waals surface area contributed by atoms with Crippen LogP contribution in [0.25, 0.3) is 0 Å². The van der Waals surface area contributed by atoms with Crippen LogP contribution >= 0.6 is 0 Å². The van der Waals surface area contributed by atoms with Gasteiger partial charge in [0.15, 0.2) is 5.88 Å². The van der Waals surface area contributed by atoms with Gasteiger partial charge >= 0.3 is 0 Å². The molecule has 0 saturated carbocycles. The van der Waals surface area contributed by atoms with Crippen LogP contribution in [0.15, 0.2) is 36.3 Å². The second-order valence-corrected chi connectivity index (χ2v) is 1.89. The largest absolute Gasteiger partial charge is 0.483 e. The van der Waals surface area contributed by atoms with Crippen LogP contribution < -0.4 is 5.73 Å². The van der Waals surface area contributed by atoms with Crippen LogP contribution in [0, 0.1) is 0 Å². The van der Waals surface area contributed by atoms with E-state index in [1.54, 1.807) is 12.2 Å². The zero-order valence-corrected chi connectivity index (χ0v) is 6.42. The van der Waals surface area contributed by atoms with E-state index < -0.39 is 0 Å². The number of allylic oxidation sites excluding steroid dienone is 4. The maximum absolute atomic E-state index is 5.34. The van der Waals surface area contributed by atoms with E-state index >= 15 is 0 Å². The van der Waals surface area contributed by atoms with Gasteiger partial charge in [-0.15, -0.1) is 0 Å². The number of rotatable bonds is 3. The van der Waals surface area contributed by atoms with E-state index in [4.69, 9.17) is 10.5 Å².